The fourth-order valence-corrected chi connectivity index (χ4v) is 1.70. The molecule has 1 N–H and O–H groups in total. The average Bonchev–Trinajstić information content (AvgIpc) is 1.97. The molecule has 1 aromatic carbocycles. The molecule has 12 heavy (non-hydrogen) atoms. The smallest absolute Gasteiger partial charge is 0.133 e. The minimum Gasteiger partial charge on any atom is -0.389 e. The summed E-state index contributed by atoms with van der Waals surface area (Å²) < 4.78 is 13.9. The summed E-state index contributed by atoms with van der Waals surface area (Å²) in [5.41, 5.74) is 0.879. The number of hydrogen-bond donors (Lipinski definition) is 1. The van der Waals surface area contributed by atoms with Gasteiger partial charge in [-0.15, -0.1) is 0 Å². The molecular formula is C9H10BrFO. The van der Waals surface area contributed by atoms with Gasteiger partial charge in [0.1, 0.15) is 5.82 Å². The maximum atomic E-state index is 13.3. The molecule has 1 atom stereocenters. The number of halogens is 2. The molecule has 0 spiro atoms. The third-order valence-electron chi connectivity index (χ3n) is 1.74. The Hall–Kier alpha value is -0.410. The van der Waals surface area contributed by atoms with Crippen LogP contribution in [0.15, 0.2) is 16.6 Å². The van der Waals surface area contributed by atoms with Crippen molar-refractivity contribution in [2.45, 2.75) is 20.0 Å². The summed E-state index contributed by atoms with van der Waals surface area (Å²) in [6.45, 7) is 3.22. The minimum atomic E-state index is -0.778. The highest BCUT2D eigenvalue weighted by Gasteiger charge is 2.13. The van der Waals surface area contributed by atoms with Gasteiger partial charge in [0.15, 0.2) is 0 Å². The van der Waals surface area contributed by atoms with E-state index in [4.69, 9.17) is 0 Å². The summed E-state index contributed by atoms with van der Waals surface area (Å²) >= 11 is 3.18. The fourth-order valence-electron chi connectivity index (χ4n) is 1.06. The molecule has 0 saturated carbocycles. The lowest BCUT2D eigenvalue weighted by atomic mass is 10.1. The third-order valence-corrected chi connectivity index (χ3v) is 2.43. The van der Waals surface area contributed by atoms with Crippen LogP contribution in [0, 0.1) is 12.7 Å². The van der Waals surface area contributed by atoms with Crippen LogP contribution in [0.1, 0.15) is 24.2 Å². The van der Waals surface area contributed by atoms with Gasteiger partial charge in [-0.1, -0.05) is 22.0 Å². The summed E-state index contributed by atoms with van der Waals surface area (Å²) in [6, 6.07) is 3.41. The molecule has 0 aliphatic heterocycles. The molecule has 0 aromatic heterocycles. The van der Waals surface area contributed by atoms with Crippen molar-refractivity contribution in [2.24, 2.45) is 0 Å². The number of aryl methyl sites for hydroxylation is 1. The van der Waals surface area contributed by atoms with E-state index in [0.29, 0.717) is 15.6 Å². The molecule has 1 aromatic rings. The van der Waals surface area contributed by atoms with E-state index >= 15 is 0 Å². The van der Waals surface area contributed by atoms with Crippen LogP contribution in [0.4, 0.5) is 4.39 Å². The lowest BCUT2D eigenvalue weighted by Crippen LogP contribution is -1.99. The number of benzene rings is 1. The number of hydrogen-bond acceptors (Lipinski definition) is 1. The van der Waals surface area contributed by atoms with Crippen LogP contribution in [0.3, 0.4) is 0 Å². The van der Waals surface area contributed by atoms with E-state index in [0.717, 1.165) is 0 Å². The van der Waals surface area contributed by atoms with Crippen molar-refractivity contribution < 1.29 is 9.50 Å². The molecule has 0 aliphatic carbocycles. The van der Waals surface area contributed by atoms with Gasteiger partial charge >= 0.3 is 0 Å². The standard InChI is InChI=1S/C9H10BrFO/c1-5-3-4-7(10)8(6(2)12)9(5)11/h3-4,6,12H,1-2H3. The molecule has 0 aliphatic rings. The van der Waals surface area contributed by atoms with Gasteiger partial charge in [-0.05, 0) is 25.5 Å². The van der Waals surface area contributed by atoms with Gasteiger partial charge in [-0.25, -0.2) is 4.39 Å². The van der Waals surface area contributed by atoms with Gasteiger partial charge in [0.2, 0.25) is 0 Å². The highest BCUT2D eigenvalue weighted by atomic mass is 79.9. The van der Waals surface area contributed by atoms with Crippen molar-refractivity contribution >= 4 is 15.9 Å². The maximum absolute atomic E-state index is 13.3. The van der Waals surface area contributed by atoms with Crippen LogP contribution in [0.5, 0.6) is 0 Å². The first-order valence-electron chi connectivity index (χ1n) is 3.66. The second kappa shape index (κ2) is 3.54. The van der Waals surface area contributed by atoms with E-state index in [-0.39, 0.29) is 5.82 Å². The van der Waals surface area contributed by atoms with E-state index < -0.39 is 6.10 Å². The largest absolute Gasteiger partial charge is 0.389 e. The van der Waals surface area contributed by atoms with Crippen molar-refractivity contribution in [1.82, 2.24) is 0 Å². The first-order chi connectivity index (χ1) is 5.54. The van der Waals surface area contributed by atoms with E-state index in [1.54, 1.807) is 26.0 Å². The Morgan fingerprint density at radius 1 is 1.50 bits per heavy atom. The molecule has 0 radical (unpaired) electrons. The molecule has 0 bridgehead atoms. The second-order valence-corrected chi connectivity index (χ2v) is 3.62. The molecule has 3 heteroatoms. The Morgan fingerprint density at radius 2 is 2.08 bits per heavy atom. The molecule has 0 saturated heterocycles. The van der Waals surface area contributed by atoms with E-state index in [1.807, 2.05) is 0 Å². The zero-order chi connectivity index (χ0) is 9.30. The van der Waals surface area contributed by atoms with Gasteiger partial charge in [-0.3, -0.25) is 0 Å². The Kier molecular flexibility index (Phi) is 2.85. The summed E-state index contributed by atoms with van der Waals surface area (Å²) in [5, 5.41) is 9.24. The average molecular weight is 233 g/mol. The van der Waals surface area contributed by atoms with Crippen molar-refractivity contribution in [3.05, 3.63) is 33.5 Å². The molecule has 0 fully saturated rings. The summed E-state index contributed by atoms with van der Waals surface area (Å²) in [5.74, 6) is -0.334. The summed E-state index contributed by atoms with van der Waals surface area (Å²) in [7, 11) is 0. The monoisotopic (exact) mass is 232 g/mol. The van der Waals surface area contributed by atoms with Gasteiger partial charge in [0.05, 0.1) is 6.10 Å². The van der Waals surface area contributed by atoms with Gasteiger partial charge in [0.25, 0.3) is 0 Å². The molecule has 66 valence electrons. The zero-order valence-electron chi connectivity index (χ0n) is 6.94. The first-order valence-corrected chi connectivity index (χ1v) is 4.46. The Labute approximate surface area is 79.4 Å². The molecule has 1 nitrogen and oxygen atoms in total. The second-order valence-electron chi connectivity index (χ2n) is 2.77. The SMILES string of the molecule is Cc1ccc(Br)c(C(C)O)c1F. The number of rotatable bonds is 1. The molecule has 1 rings (SSSR count). The van der Waals surface area contributed by atoms with Crippen LogP contribution < -0.4 is 0 Å². The zero-order valence-corrected chi connectivity index (χ0v) is 8.52. The number of aliphatic hydroxyl groups excluding tert-OH is 1. The molecule has 1 unspecified atom stereocenters. The summed E-state index contributed by atoms with van der Waals surface area (Å²) in [4.78, 5) is 0. The normalized spacial score (nSPS) is 13.1. The summed E-state index contributed by atoms with van der Waals surface area (Å²) in [6.07, 6.45) is -0.778. The third kappa shape index (κ3) is 1.67. The molecule has 0 amide bonds. The van der Waals surface area contributed by atoms with Crippen LogP contribution in [0.25, 0.3) is 0 Å². The van der Waals surface area contributed by atoms with Gasteiger partial charge < -0.3 is 5.11 Å². The van der Waals surface area contributed by atoms with Crippen molar-refractivity contribution in [1.29, 1.82) is 0 Å². The molecule has 0 heterocycles. The van der Waals surface area contributed by atoms with Crippen molar-refractivity contribution in [2.75, 3.05) is 0 Å². The Balaban J connectivity index is 3.33. The highest BCUT2D eigenvalue weighted by molar-refractivity contribution is 9.10. The minimum absolute atomic E-state index is 0.329. The van der Waals surface area contributed by atoms with Crippen molar-refractivity contribution in [3.8, 4) is 0 Å². The first kappa shape index (κ1) is 9.68. The van der Waals surface area contributed by atoms with Gasteiger partial charge in [-0.2, -0.15) is 0 Å². The Bertz CT molecular complexity index is 297. The van der Waals surface area contributed by atoms with Crippen LogP contribution in [-0.2, 0) is 0 Å². The lowest BCUT2D eigenvalue weighted by molar-refractivity contribution is 0.193. The fraction of sp³-hybridized carbons (Fsp3) is 0.333. The van der Waals surface area contributed by atoms with Crippen LogP contribution >= 0.6 is 15.9 Å². The highest BCUT2D eigenvalue weighted by Crippen LogP contribution is 2.27. The topological polar surface area (TPSA) is 20.2 Å². The molecular weight excluding hydrogens is 223 g/mol. The number of aliphatic hydroxyl groups is 1. The predicted octanol–water partition coefficient (Wildman–Crippen LogP) is 2.95. The van der Waals surface area contributed by atoms with E-state index in [9.17, 15) is 9.50 Å². The van der Waals surface area contributed by atoms with Gasteiger partial charge in [0, 0.05) is 10.0 Å². The van der Waals surface area contributed by atoms with Crippen molar-refractivity contribution in [3.63, 3.8) is 0 Å². The van der Waals surface area contributed by atoms with Crippen LogP contribution in [0.2, 0.25) is 0 Å². The van der Waals surface area contributed by atoms with E-state index in [1.165, 1.54) is 0 Å². The van der Waals surface area contributed by atoms with Crippen LogP contribution in [-0.4, -0.2) is 5.11 Å². The Morgan fingerprint density at radius 3 is 2.50 bits per heavy atom. The van der Waals surface area contributed by atoms with E-state index in [2.05, 4.69) is 15.9 Å². The predicted molar refractivity (Wildman–Crippen MR) is 49.5 cm³/mol. The maximum Gasteiger partial charge on any atom is 0.133 e. The quantitative estimate of drug-likeness (QED) is 0.790. The lowest BCUT2D eigenvalue weighted by Gasteiger charge is -2.10.